The smallest absolute Gasteiger partial charge is 0.248 e. The minimum absolute atomic E-state index is 0.233. The van der Waals surface area contributed by atoms with E-state index in [4.69, 9.17) is 8.37 Å². The summed E-state index contributed by atoms with van der Waals surface area (Å²) >= 11 is 0. The van der Waals surface area contributed by atoms with Crippen LogP contribution in [0.4, 0.5) is 0 Å². The molecule has 0 heterocycles. The molecule has 0 saturated heterocycles. The zero-order valence-corrected chi connectivity index (χ0v) is 28.4. The van der Waals surface area contributed by atoms with Crippen LogP contribution in [0, 0.1) is 0 Å². The van der Waals surface area contributed by atoms with Gasteiger partial charge in [0.15, 0.2) is 0 Å². The lowest BCUT2D eigenvalue weighted by Crippen LogP contribution is -2.12. The first kappa shape index (κ1) is 40.4. The number of hydrogen-bond acceptors (Lipinski definition) is 4. The molecule has 0 radical (unpaired) electrons. The van der Waals surface area contributed by atoms with E-state index < -0.39 is 10.4 Å². The highest BCUT2D eigenvalue weighted by Gasteiger charge is 2.11. The van der Waals surface area contributed by atoms with Gasteiger partial charge in [-0.3, -0.25) is 0 Å². The van der Waals surface area contributed by atoms with Crippen molar-refractivity contribution in [3.63, 3.8) is 0 Å². The van der Waals surface area contributed by atoms with Crippen LogP contribution in [0.3, 0.4) is 0 Å². The van der Waals surface area contributed by atoms with Crippen molar-refractivity contribution in [2.24, 2.45) is 0 Å². The van der Waals surface area contributed by atoms with Crippen molar-refractivity contribution in [1.29, 1.82) is 0 Å². The van der Waals surface area contributed by atoms with Crippen molar-refractivity contribution in [3.8, 4) is 0 Å². The maximum Gasteiger partial charge on any atom is 0.399 e. The molecule has 0 saturated carbocycles. The van der Waals surface area contributed by atoms with Crippen molar-refractivity contribution in [1.82, 2.24) is 0 Å². The van der Waals surface area contributed by atoms with Gasteiger partial charge in [0.05, 0.1) is 13.2 Å². The SMILES string of the molecule is CCCCCCCC/C=C\CCCCCCCCOS(=O)(=O)OCCCCCCCC/C=C\CCCCCCCC. The first-order chi connectivity index (χ1) is 20.1. The summed E-state index contributed by atoms with van der Waals surface area (Å²) in [6.45, 7) is 5.00. The highest BCUT2D eigenvalue weighted by atomic mass is 32.3. The van der Waals surface area contributed by atoms with Crippen LogP contribution >= 0.6 is 0 Å². The Morgan fingerprint density at radius 2 is 0.610 bits per heavy atom. The molecular formula is C36H70O4S. The lowest BCUT2D eigenvalue weighted by molar-refractivity contribution is 0.208. The molecule has 5 heteroatoms. The molecule has 0 fully saturated rings. The standard InChI is InChI=1S/C36H70O4S/c1-3-5-7-9-11-13-15-17-19-21-23-25-27-29-31-33-35-39-41(37,38)40-36-34-32-30-28-26-24-22-20-18-16-14-12-10-8-6-4-2/h17-20H,3-16,21-36H2,1-2H3/b19-17-,20-18-. The summed E-state index contributed by atoms with van der Waals surface area (Å²) in [4.78, 5) is 0. The molecule has 0 aliphatic rings. The van der Waals surface area contributed by atoms with Gasteiger partial charge >= 0.3 is 10.4 Å². The Morgan fingerprint density at radius 3 is 0.902 bits per heavy atom. The van der Waals surface area contributed by atoms with Crippen LogP contribution in [0.2, 0.25) is 0 Å². The van der Waals surface area contributed by atoms with Crippen molar-refractivity contribution in [3.05, 3.63) is 24.3 Å². The van der Waals surface area contributed by atoms with Gasteiger partial charge in [-0.1, -0.05) is 154 Å². The molecular weight excluding hydrogens is 528 g/mol. The lowest BCUT2D eigenvalue weighted by atomic mass is 10.1. The Kier molecular flexibility index (Phi) is 33.3. The molecule has 0 amide bonds. The second-order valence-corrected chi connectivity index (χ2v) is 13.2. The average Bonchev–Trinajstić information content (AvgIpc) is 2.96. The van der Waals surface area contributed by atoms with Crippen LogP contribution in [-0.2, 0) is 18.8 Å². The van der Waals surface area contributed by atoms with Crippen molar-refractivity contribution < 1.29 is 16.8 Å². The van der Waals surface area contributed by atoms with Gasteiger partial charge < -0.3 is 0 Å². The molecule has 0 spiro atoms. The first-order valence-electron chi connectivity index (χ1n) is 18.0. The van der Waals surface area contributed by atoms with Gasteiger partial charge in [-0.25, -0.2) is 8.37 Å². The predicted octanol–water partition coefficient (Wildman–Crippen LogP) is 12.3. The van der Waals surface area contributed by atoms with E-state index in [9.17, 15) is 8.42 Å². The average molecular weight is 599 g/mol. The van der Waals surface area contributed by atoms with Crippen LogP contribution < -0.4 is 0 Å². The fourth-order valence-corrected chi connectivity index (χ4v) is 5.77. The molecule has 0 atom stereocenters. The van der Waals surface area contributed by atoms with Crippen molar-refractivity contribution in [2.75, 3.05) is 13.2 Å². The monoisotopic (exact) mass is 598 g/mol. The van der Waals surface area contributed by atoms with E-state index in [1.807, 2.05) is 0 Å². The van der Waals surface area contributed by atoms with Gasteiger partial charge in [-0.15, -0.1) is 0 Å². The zero-order valence-electron chi connectivity index (χ0n) is 27.6. The topological polar surface area (TPSA) is 52.6 Å². The third-order valence-electron chi connectivity index (χ3n) is 7.77. The zero-order chi connectivity index (χ0) is 30.0. The minimum Gasteiger partial charge on any atom is -0.248 e. The second kappa shape index (κ2) is 33.8. The summed E-state index contributed by atoms with van der Waals surface area (Å²) in [5.74, 6) is 0. The van der Waals surface area contributed by atoms with Crippen LogP contribution in [0.1, 0.15) is 194 Å². The Bertz CT molecular complexity index is 606. The molecule has 0 unspecified atom stereocenters. The number of unbranched alkanes of at least 4 members (excludes halogenated alkanes) is 24. The molecule has 0 N–H and O–H groups in total. The van der Waals surface area contributed by atoms with Crippen LogP contribution in [0.25, 0.3) is 0 Å². The number of allylic oxidation sites excluding steroid dienone is 4. The Hall–Kier alpha value is -0.650. The highest BCUT2D eigenvalue weighted by Crippen LogP contribution is 2.12. The molecule has 41 heavy (non-hydrogen) atoms. The minimum atomic E-state index is -3.84. The number of rotatable bonds is 34. The summed E-state index contributed by atoms with van der Waals surface area (Å²) < 4.78 is 33.8. The Labute approximate surface area is 257 Å². The van der Waals surface area contributed by atoms with E-state index in [0.29, 0.717) is 0 Å². The maximum atomic E-state index is 11.9. The van der Waals surface area contributed by atoms with Gasteiger partial charge in [0.1, 0.15) is 0 Å². The predicted molar refractivity (Wildman–Crippen MR) is 180 cm³/mol. The largest absolute Gasteiger partial charge is 0.399 e. The maximum absolute atomic E-state index is 11.9. The van der Waals surface area contributed by atoms with E-state index >= 15 is 0 Å². The van der Waals surface area contributed by atoms with E-state index in [1.54, 1.807) is 0 Å². The molecule has 0 aliphatic heterocycles. The summed E-state index contributed by atoms with van der Waals surface area (Å²) in [6, 6.07) is 0. The van der Waals surface area contributed by atoms with Gasteiger partial charge in [-0.2, -0.15) is 8.42 Å². The summed E-state index contributed by atoms with van der Waals surface area (Å²) in [7, 11) is -3.84. The summed E-state index contributed by atoms with van der Waals surface area (Å²) in [6.07, 6.45) is 43.9. The summed E-state index contributed by atoms with van der Waals surface area (Å²) in [5, 5.41) is 0. The Morgan fingerprint density at radius 1 is 0.366 bits per heavy atom. The third kappa shape index (κ3) is 35.5. The third-order valence-corrected chi connectivity index (χ3v) is 8.68. The fourth-order valence-electron chi connectivity index (χ4n) is 5.06. The fraction of sp³-hybridized carbons (Fsp3) is 0.889. The Balaban J connectivity index is 3.35. The molecule has 0 aromatic rings. The lowest BCUT2D eigenvalue weighted by Gasteiger charge is -2.06. The van der Waals surface area contributed by atoms with Gasteiger partial charge in [-0.05, 0) is 64.2 Å². The number of hydrogen-bond donors (Lipinski definition) is 0. The molecule has 0 bridgehead atoms. The first-order valence-corrected chi connectivity index (χ1v) is 19.3. The molecule has 0 rings (SSSR count). The normalized spacial score (nSPS) is 12.3. The van der Waals surface area contributed by atoms with E-state index in [2.05, 4.69) is 38.2 Å². The van der Waals surface area contributed by atoms with E-state index in [0.717, 1.165) is 38.5 Å². The molecule has 0 aromatic carbocycles. The van der Waals surface area contributed by atoms with Crippen LogP contribution in [0.15, 0.2) is 24.3 Å². The van der Waals surface area contributed by atoms with E-state index in [1.165, 1.54) is 141 Å². The van der Waals surface area contributed by atoms with Gasteiger partial charge in [0, 0.05) is 0 Å². The quantitative estimate of drug-likeness (QED) is 0.0546. The van der Waals surface area contributed by atoms with Crippen molar-refractivity contribution in [2.45, 2.75) is 194 Å². The second-order valence-electron chi connectivity index (χ2n) is 11.9. The molecule has 4 nitrogen and oxygen atoms in total. The highest BCUT2D eigenvalue weighted by molar-refractivity contribution is 7.81. The van der Waals surface area contributed by atoms with Crippen LogP contribution in [-0.4, -0.2) is 21.6 Å². The molecule has 244 valence electrons. The molecule has 0 aliphatic carbocycles. The summed E-state index contributed by atoms with van der Waals surface area (Å²) in [5.41, 5.74) is 0. The van der Waals surface area contributed by atoms with Crippen molar-refractivity contribution >= 4 is 10.4 Å². The van der Waals surface area contributed by atoms with Gasteiger partial charge in [0.2, 0.25) is 0 Å². The van der Waals surface area contributed by atoms with Crippen LogP contribution in [0.5, 0.6) is 0 Å². The van der Waals surface area contributed by atoms with E-state index in [-0.39, 0.29) is 13.2 Å². The van der Waals surface area contributed by atoms with Gasteiger partial charge in [0.25, 0.3) is 0 Å². The molecule has 0 aromatic heterocycles.